The van der Waals surface area contributed by atoms with Crippen molar-refractivity contribution in [2.45, 2.75) is 52.4 Å². The Morgan fingerprint density at radius 3 is 2.36 bits per heavy atom. The van der Waals surface area contributed by atoms with Crippen LogP contribution in [0.25, 0.3) is 0 Å². The molecule has 3 aliphatic carbocycles. The number of fused-ring (bicyclic) bond motifs is 3. The number of hydrogen-bond acceptors (Lipinski definition) is 1. The van der Waals surface area contributed by atoms with Crippen LogP contribution in [0.15, 0.2) is 0 Å². The van der Waals surface area contributed by atoms with E-state index in [1.54, 1.807) is 0 Å². The van der Waals surface area contributed by atoms with Gasteiger partial charge in [0.15, 0.2) is 0 Å². The molecule has 0 spiro atoms. The third-order valence-corrected chi connectivity index (χ3v) is 4.60. The van der Waals surface area contributed by atoms with Gasteiger partial charge in [-0.15, -0.1) is 0 Å². The largest absolute Gasteiger partial charge is 0.299 e. The van der Waals surface area contributed by atoms with Gasteiger partial charge in [-0.3, -0.25) is 4.79 Å². The van der Waals surface area contributed by atoms with Crippen LogP contribution in [0.1, 0.15) is 52.4 Å². The lowest BCUT2D eigenvalue weighted by Crippen LogP contribution is -2.37. The van der Waals surface area contributed by atoms with Crippen LogP contribution >= 0.6 is 0 Å². The van der Waals surface area contributed by atoms with Crippen molar-refractivity contribution in [3.05, 3.63) is 0 Å². The molecule has 3 rings (SSSR count). The summed E-state index contributed by atoms with van der Waals surface area (Å²) in [4.78, 5) is 11.7. The minimum atomic E-state index is 0.341. The molecule has 0 heterocycles. The van der Waals surface area contributed by atoms with Gasteiger partial charge >= 0.3 is 0 Å². The molecule has 0 radical (unpaired) electrons. The van der Waals surface area contributed by atoms with E-state index in [2.05, 4.69) is 6.92 Å². The summed E-state index contributed by atoms with van der Waals surface area (Å²) in [6.07, 6.45) is 7.75. The second kappa shape index (κ2) is 4.04. The number of Topliss-reactive ketones (excluding diaryl/α,β-unsaturated/α-hetero) is 1. The van der Waals surface area contributed by atoms with Crippen LogP contribution in [0.5, 0.6) is 0 Å². The monoisotopic (exact) mass is 194 g/mol. The van der Waals surface area contributed by atoms with Gasteiger partial charge in [0.1, 0.15) is 5.78 Å². The van der Waals surface area contributed by atoms with Crippen LogP contribution < -0.4 is 0 Å². The highest BCUT2D eigenvalue weighted by molar-refractivity contribution is 5.80. The Bertz CT molecular complexity index is 213. The summed E-state index contributed by atoms with van der Waals surface area (Å²) >= 11 is 0. The van der Waals surface area contributed by atoms with Crippen LogP contribution in [0, 0.1) is 23.7 Å². The Kier molecular flexibility index (Phi) is 2.94. The van der Waals surface area contributed by atoms with Gasteiger partial charge in [0, 0.05) is 12.3 Å². The number of carbonyl (C=O) groups excluding carboxylic acids is 1. The van der Waals surface area contributed by atoms with Gasteiger partial charge in [-0.2, -0.15) is 0 Å². The molecule has 14 heavy (non-hydrogen) atoms. The molecule has 0 amide bonds. The summed E-state index contributed by atoms with van der Waals surface area (Å²) in [7, 11) is 0. The molecule has 2 unspecified atom stereocenters. The van der Waals surface area contributed by atoms with E-state index >= 15 is 0 Å². The number of hydrogen-bond donors (Lipinski definition) is 0. The van der Waals surface area contributed by atoms with Crippen molar-refractivity contribution < 1.29 is 4.79 Å². The summed E-state index contributed by atoms with van der Waals surface area (Å²) < 4.78 is 0. The van der Waals surface area contributed by atoms with Crippen LogP contribution in [-0.2, 0) is 4.79 Å². The maximum atomic E-state index is 11.7. The summed E-state index contributed by atoms with van der Waals surface area (Å²) in [5.74, 6) is 3.40. The molecular weight excluding hydrogens is 172 g/mol. The maximum absolute atomic E-state index is 11.7. The van der Waals surface area contributed by atoms with Crippen molar-refractivity contribution in [3.8, 4) is 0 Å². The predicted molar refractivity (Wildman–Crippen MR) is 58.0 cm³/mol. The molecule has 0 aromatic heterocycles. The summed E-state index contributed by atoms with van der Waals surface area (Å²) in [5.41, 5.74) is 0. The van der Waals surface area contributed by atoms with E-state index in [-0.39, 0.29) is 0 Å². The summed E-state index contributed by atoms with van der Waals surface area (Å²) in [6.45, 7) is 4.16. The lowest BCUT2D eigenvalue weighted by atomic mass is 9.60. The first-order valence-electron chi connectivity index (χ1n) is 6.25. The molecule has 1 nitrogen and oxygen atoms in total. The fourth-order valence-corrected chi connectivity index (χ4v) is 3.60. The summed E-state index contributed by atoms with van der Waals surface area (Å²) in [6, 6.07) is 0. The van der Waals surface area contributed by atoms with Crippen LogP contribution in [0.3, 0.4) is 0 Å². The van der Waals surface area contributed by atoms with E-state index in [4.69, 9.17) is 0 Å². The van der Waals surface area contributed by atoms with Crippen LogP contribution in [0.2, 0.25) is 0 Å². The van der Waals surface area contributed by atoms with E-state index in [1.807, 2.05) is 6.92 Å². The van der Waals surface area contributed by atoms with E-state index < -0.39 is 0 Å². The molecule has 0 aliphatic heterocycles. The zero-order valence-electron chi connectivity index (χ0n) is 9.46. The molecule has 0 aromatic rings. The fourth-order valence-electron chi connectivity index (χ4n) is 3.60. The molecule has 3 saturated carbocycles. The Morgan fingerprint density at radius 1 is 1.29 bits per heavy atom. The van der Waals surface area contributed by atoms with Crippen LogP contribution in [0.4, 0.5) is 0 Å². The number of carbonyl (C=O) groups is 1. The molecule has 1 heteroatoms. The molecule has 2 bridgehead atoms. The minimum absolute atomic E-state index is 0.341. The van der Waals surface area contributed by atoms with Crippen molar-refractivity contribution in [2.24, 2.45) is 23.7 Å². The van der Waals surface area contributed by atoms with Gasteiger partial charge in [-0.05, 0) is 37.0 Å². The van der Waals surface area contributed by atoms with Crippen LogP contribution in [-0.4, -0.2) is 5.78 Å². The SMILES string of the molecule is CCC(=O)C(C)C1CC2CCC1CC2. The first kappa shape index (κ1) is 10.2. The highest BCUT2D eigenvalue weighted by Crippen LogP contribution is 2.47. The zero-order valence-corrected chi connectivity index (χ0v) is 9.46. The van der Waals surface area contributed by atoms with Crippen molar-refractivity contribution in [1.29, 1.82) is 0 Å². The Balaban J connectivity index is 2.01. The molecule has 80 valence electrons. The van der Waals surface area contributed by atoms with Gasteiger partial charge in [0.2, 0.25) is 0 Å². The molecule has 3 aliphatic rings. The predicted octanol–water partition coefficient (Wildman–Crippen LogP) is 3.43. The second-order valence-electron chi connectivity index (χ2n) is 5.29. The minimum Gasteiger partial charge on any atom is -0.299 e. The van der Waals surface area contributed by atoms with Gasteiger partial charge in [-0.25, -0.2) is 0 Å². The standard InChI is InChI=1S/C13H22O/c1-3-13(14)9(2)12-8-10-4-6-11(12)7-5-10/h9-12H,3-8H2,1-2H3. The van der Waals surface area contributed by atoms with Crippen molar-refractivity contribution in [3.63, 3.8) is 0 Å². The molecule has 3 fully saturated rings. The lowest BCUT2D eigenvalue weighted by molar-refractivity contribution is -0.125. The lowest BCUT2D eigenvalue weighted by Gasteiger charge is -2.44. The highest BCUT2D eigenvalue weighted by Gasteiger charge is 2.39. The number of rotatable bonds is 3. The highest BCUT2D eigenvalue weighted by atomic mass is 16.1. The third kappa shape index (κ3) is 1.74. The van der Waals surface area contributed by atoms with E-state index in [9.17, 15) is 4.79 Å². The maximum Gasteiger partial charge on any atom is 0.135 e. The molecule has 0 aromatic carbocycles. The normalized spacial score (nSPS) is 38.3. The number of ketones is 1. The fraction of sp³-hybridized carbons (Fsp3) is 0.923. The Labute approximate surface area is 87.3 Å². The van der Waals surface area contributed by atoms with E-state index in [0.717, 1.165) is 24.2 Å². The van der Waals surface area contributed by atoms with Gasteiger partial charge in [0.25, 0.3) is 0 Å². The molecule has 0 saturated heterocycles. The average molecular weight is 194 g/mol. The first-order chi connectivity index (χ1) is 6.72. The second-order valence-corrected chi connectivity index (χ2v) is 5.29. The van der Waals surface area contributed by atoms with E-state index in [1.165, 1.54) is 32.1 Å². The van der Waals surface area contributed by atoms with Gasteiger partial charge in [-0.1, -0.05) is 26.7 Å². The topological polar surface area (TPSA) is 17.1 Å². The average Bonchev–Trinajstić information content (AvgIpc) is 2.28. The van der Waals surface area contributed by atoms with Crippen molar-refractivity contribution in [2.75, 3.05) is 0 Å². The zero-order chi connectivity index (χ0) is 10.1. The molecular formula is C13H22O. The Hall–Kier alpha value is -0.330. The Morgan fingerprint density at radius 2 is 1.93 bits per heavy atom. The summed E-state index contributed by atoms with van der Waals surface area (Å²) in [5, 5.41) is 0. The van der Waals surface area contributed by atoms with Crippen molar-refractivity contribution >= 4 is 5.78 Å². The smallest absolute Gasteiger partial charge is 0.135 e. The molecule has 2 atom stereocenters. The van der Waals surface area contributed by atoms with E-state index in [0.29, 0.717) is 11.7 Å². The van der Waals surface area contributed by atoms with Gasteiger partial charge in [0.05, 0.1) is 0 Å². The van der Waals surface area contributed by atoms with Gasteiger partial charge < -0.3 is 0 Å². The quantitative estimate of drug-likeness (QED) is 0.672. The van der Waals surface area contributed by atoms with Crippen molar-refractivity contribution in [1.82, 2.24) is 0 Å². The first-order valence-corrected chi connectivity index (χ1v) is 6.25. The molecule has 0 N–H and O–H groups in total. The third-order valence-electron chi connectivity index (χ3n) is 4.60.